The second-order valence-corrected chi connectivity index (χ2v) is 7.10. The van der Waals surface area contributed by atoms with Gasteiger partial charge in [0, 0.05) is 39.6 Å². The van der Waals surface area contributed by atoms with E-state index in [2.05, 4.69) is 39.9 Å². The number of hydrogen-bond donors (Lipinski definition) is 2. The van der Waals surface area contributed by atoms with Crippen LogP contribution in [-0.4, -0.2) is 30.4 Å². The molecule has 3 rings (SSSR count). The van der Waals surface area contributed by atoms with Crippen LogP contribution < -0.4 is 10.6 Å². The van der Waals surface area contributed by atoms with Gasteiger partial charge in [0.2, 0.25) is 5.91 Å². The van der Waals surface area contributed by atoms with Gasteiger partial charge in [-0.1, -0.05) is 36.4 Å². The number of nitrogens with one attached hydrogen (secondary N) is 2. The molecule has 1 heterocycles. The molecule has 0 radical (unpaired) electrons. The highest BCUT2D eigenvalue weighted by atomic mass is 127. The van der Waals surface area contributed by atoms with E-state index in [-0.39, 0.29) is 35.7 Å². The van der Waals surface area contributed by atoms with E-state index in [0.717, 1.165) is 29.7 Å². The highest BCUT2D eigenvalue weighted by molar-refractivity contribution is 14.0. The minimum absolute atomic E-state index is 0. The molecule has 7 heteroatoms. The number of guanidine groups is 1. The maximum absolute atomic E-state index is 13.4. The molecule has 1 fully saturated rings. The number of benzene rings is 2. The summed E-state index contributed by atoms with van der Waals surface area (Å²) in [6, 6.07) is 13.4. The lowest BCUT2D eigenvalue weighted by molar-refractivity contribution is -0.128. The van der Waals surface area contributed by atoms with E-state index in [1.54, 1.807) is 20.0 Å². The van der Waals surface area contributed by atoms with Gasteiger partial charge in [0.05, 0.1) is 0 Å². The van der Waals surface area contributed by atoms with Crippen molar-refractivity contribution in [1.82, 2.24) is 15.5 Å². The molecule has 2 N–H and O–H groups in total. The second kappa shape index (κ2) is 11.1. The first-order valence-corrected chi connectivity index (χ1v) is 9.60. The number of rotatable bonds is 6. The van der Waals surface area contributed by atoms with Gasteiger partial charge >= 0.3 is 0 Å². The third-order valence-electron chi connectivity index (χ3n) is 4.93. The van der Waals surface area contributed by atoms with Crippen molar-refractivity contribution in [2.75, 3.05) is 13.6 Å². The summed E-state index contributed by atoms with van der Waals surface area (Å²) in [4.78, 5) is 17.9. The highest BCUT2D eigenvalue weighted by Gasteiger charge is 2.19. The Morgan fingerprint density at radius 2 is 1.69 bits per heavy atom. The number of likely N-dealkylation sites (tertiary alicyclic amines) is 1. The number of aryl methyl sites for hydroxylation is 1. The fourth-order valence-corrected chi connectivity index (χ4v) is 3.26. The van der Waals surface area contributed by atoms with Gasteiger partial charge in [-0.2, -0.15) is 0 Å². The topological polar surface area (TPSA) is 56.7 Å². The quantitative estimate of drug-likeness (QED) is 0.354. The third kappa shape index (κ3) is 6.69. The molecule has 1 amide bonds. The van der Waals surface area contributed by atoms with Crippen molar-refractivity contribution in [3.05, 3.63) is 70.5 Å². The van der Waals surface area contributed by atoms with E-state index in [1.165, 1.54) is 6.07 Å². The Labute approximate surface area is 188 Å². The van der Waals surface area contributed by atoms with E-state index < -0.39 is 0 Å². The first-order valence-electron chi connectivity index (χ1n) is 9.60. The van der Waals surface area contributed by atoms with Crippen LogP contribution in [0, 0.1) is 12.7 Å². The van der Waals surface area contributed by atoms with Crippen molar-refractivity contribution < 1.29 is 9.18 Å². The Balaban J connectivity index is 0.00000300. The Bertz CT molecular complexity index is 854. The maximum Gasteiger partial charge on any atom is 0.222 e. The maximum atomic E-state index is 13.4. The molecule has 0 bridgehead atoms. The normalized spacial score (nSPS) is 14.0. The molecule has 5 nitrogen and oxygen atoms in total. The number of halogens is 2. The number of carbonyl (C=O) groups excluding carboxylic acids is 1. The zero-order valence-electron chi connectivity index (χ0n) is 16.9. The number of carbonyl (C=O) groups is 1. The van der Waals surface area contributed by atoms with Gasteiger partial charge in [0.15, 0.2) is 5.96 Å². The lowest BCUT2D eigenvalue weighted by atomic mass is 10.1. The predicted octanol–water partition coefficient (Wildman–Crippen LogP) is 3.74. The van der Waals surface area contributed by atoms with Gasteiger partial charge in [-0.15, -0.1) is 24.0 Å². The molecule has 0 aliphatic carbocycles. The zero-order valence-corrected chi connectivity index (χ0v) is 19.2. The average Bonchev–Trinajstić information content (AvgIpc) is 3.10. The van der Waals surface area contributed by atoms with Crippen molar-refractivity contribution in [3.8, 4) is 0 Å². The second-order valence-electron chi connectivity index (χ2n) is 7.10. The Morgan fingerprint density at radius 3 is 2.28 bits per heavy atom. The molecule has 29 heavy (non-hydrogen) atoms. The van der Waals surface area contributed by atoms with Crippen LogP contribution in [-0.2, 0) is 24.4 Å². The summed E-state index contributed by atoms with van der Waals surface area (Å²) < 4.78 is 13.4. The van der Waals surface area contributed by atoms with Gasteiger partial charge in [0.1, 0.15) is 5.82 Å². The Morgan fingerprint density at radius 1 is 1.07 bits per heavy atom. The highest BCUT2D eigenvalue weighted by Crippen LogP contribution is 2.15. The van der Waals surface area contributed by atoms with Crippen molar-refractivity contribution in [2.24, 2.45) is 4.99 Å². The first kappa shape index (κ1) is 23.1. The summed E-state index contributed by atoms with van der Waals surface area (Å²) in [6.07, 6.45) is 1.63. The summed E-state index contributed by atoms with van der Waals surface area (Å²) in [5, 5.41) is 6.52. The van der Waals surface area contributed by atoms with Crippen LogP contribution in [0.5, 0.6) is 0 Å². The largest absolute Gasteiger partial charge is 0.352 e. The average molecular weight is 510 g/mol. The van der Waals surface area contributed by atoms with Crippen LogP contribution in [0.3, 0.4) is 0 Å². The van der Waals surface area contributed by atoms with Crippen molar-refractivity contribution in [1.29, 1.82) is 0 Å². The minimum Gasteiger partial charge on any atom is -0.352 e. The SMILES string of the molecule is CN=C(NCc1ccc(CN2CCCC2=O)cc1)NCc1ccc(F)c(C)c1.I. The number of hydrogen-bond acceptors (Lipinski definition) is 2. The smallest absolute Gasteiger partial charge is 0.222 e. The molecular weight excluding hydrogens is 482 g/mol. The molecule has 0 saturated carbocycles. The molecule has 2 aromatic carbocycles. The van der Waals surface area contributed by atoms with Crippen LogP contribution in [0.1, 0.15) is 35.1 Å². The molecule has 1 aliphatic rings. The van der Waals surface area contributed by atoms with E-state index in [9.17, 15) is 9.18 Å². The van der Waals surface area contributed by atoms with Gasteiger partial charge in [0.25, 0.3) is 0 Å². The summed E-state index contributed by atoms with van der Waals surface area (Å²) >= 11 is 0. The Hall–Kier alpha value is -2.16. The van der Waals surface area contributed by atoms with Crippen LogP contribution in [0.2, 0.25) is 0 Å². The summed E-state index contributed by atoms with van der Waals surface area (Å²) in [6.45, 7) is 4.52. The van der Waals surface area contributed by atoms with Gasteiger partial charge in [-0.3, -0.25) is 9.79 Å². The molecule has 0 spiro atoms. The monoisotopic (exact) mass is 510 g/mol. The van der Waals surface area contributed by atoms with Gasteiger partial charge < -0.3 is 15.5 Å². The lowest BCUT2D eigenvalue weighted by Crippen LogP contribution is -2.36. The van der Waals surface area contributed by atoms with Crippen molar-refractivity contribution in [2.45, 2.75) is 39.4 Å². The van der Waals surface area contributed by atoms with Crippen LogP contribution in [0.4, 0.5) is 4.39 Å². The van der Waals surface area contributed by atoms with E-state index in [4.69, 9.17) is 0 Å². The van der Waals surface area contributed by atoms with E-state index in [1.807, 2.05) is 11.0 Å². The van der Waals surface area contributed by atoms with Crippen molar-refractivity contribution >= 4 is 35.8 Å². The zero-order chi connectivity index (χ0) is 19.9. The van der Waals surface area contributed by atoms with Gasteiger partial charge in [-0.25, -0.2) is 4.39 Å². The summed E-state index contributed by atoms with van der Waals surface area (Å²) in [7, 11) is 1.72. The molecule has 156 valence electrons. The number of nitrogens with zero attached hydrogens (tertiary/aromatic N) is 2. The molecule has 0 unspecified atom stereocenters. The fraction of sp³-hybridized carbons (Fsp3) is 0.364. The standard InChI is InChI=1S/C22H27FN4O.HI/c1-16-12-19(9-10-20(16)23)14-26-22(24-2)25-13-17-5-7-18(8-6-17)15-27-11-3-4-21(27)28;/h5-10,12H,3-4,11,13-15H2,1-2H3,(H2,24,25,26);1H. The Kier molecular flexibility index (Phi) is 8.88. The lowest BCUT2D eigenvalue weighted by Gasteiger charge is -2.16. The molecule has 1 aliphatic heterocycles. The number of amides is 1. The van der Waals surface area contributed by atoms with Crippen LogP contribution in [0.25, 0.3) is 0 Å². The molecule has 0 aromatic heterocycles. The van der Waals surface area contributed by atoms with Crippen LogP contribution in [0.15, 0.2) is 47.5 Å². The molecular formula is C22H28FIN4O. The summed E-state index contributed by atoms with van der Waals surface area (Å²) in [5.41, 5.74) is 3.92. The molecule has 2 aromatic rings. The van der Waals surface area contributed by atoms with Gasteiger partial charge in [-0.05, 0) is 41.7 Å². The van der Waals surface area contributed by atoms with E-state index in [0.29, 0.717) is 37.6 Å². The minimum atomic E-state index is -0.191. The molecule has 1 saturated heterocycles. The molecule has 0 atom stereocenters. The predicted molar refractivity (Wildman–Crippen MR) is 125 cm³/mol. The first-order chi connectivity index (χ1) is 13.5. The van der Waals surface area contributed by atoms with E-state index >= 15 is 0 Å². The van der Waals surface area contributed by atoms with Crippen molar-refractivity contribution in [3.63, 3.8) is 0 Å². The number of aliphatic imine (C=N–C) groups is 1. The third-order valence-corrected chi connectivity index (χ3v) is 4.93. The fourth-order valence-electron chi connectivity index (χ4n) is 3.26. The van der Waals surface area contributed by atoms with Crippen LogP contribution >= 0.6 is 24.0 Å². The summed E-state index contributed by atoms with van der Waals surface area (Å²) in [5.74, 6) is 0.745.